The van der Waals surface area contributed by atoms with Crippen molar-refractivity contribution in [1.29, 1.82) is 5.26 Å². The quantitative estimate of drug-likeness (QED) is 0.710. The van der Waals surface area contributed by atoms with Gasteiger partial charge in [0.25, 0.3) is 0 Å². The van der Waals surface area contributed by atoms with Crippen LogP contribution in [0.1, 0.15) is 23.1 Å². The van der Waals surface area contributed by atoms with Crippen LogP contribution in [0, 0.1) is 11.3 Å². The van der Waals surface area contributed by atoms with Crippen LogP contribution in [0.4, 0.5) is 0 Å². The molecule has 0 saturated carbocycles. The molecule has 3 rings (SSSR count). The van der Waals surface area contributed by atoms with Crippen LogP contribution in [0.5, 0.6) is 0 Å². The average molecular weight is 376 g/mol. The molecule has 0 aliphatic rings. The summed E-state index contributed by atoms with van der Waals surface area (Å²) in [7, 11) is -3.82. The van der Waals surface area contributed by atoms with Gasteiger partial charge in [-0.25, -0.2) is 13.6 Å². The van der Waals surface area contributed by atoms with Crippen molar-refractivity contribution in [3.8, 4) is 6.07 Å². The van der Waals surface area contributed by atoms with E-state index in [1.807, 2.05) is 60.7 Å². The van der Waals surface area contributed by atoms with Crippen molar-refractivity contribution in [3.63, 3.8) is 0 Å². The van der Waals surface area contributed by atoms with E-state index in [4.69, 9.17) is 5.14 Å². The number of sulfonamides is 1. The second-order valence-corrected chi connectivity index (χ2v) is 7.93. The Morgan fingerprint density at radius 1 is 0.815 bits per heavy atom. The van der Waals surface area contributed by atoms with Crippen LogP contribution in [0.3, 0.4) is 0 Å². The lowest BCUT2D eigenvalue weighted by atomic mass is 9.72. The van der Waals surface area contributed by atoms with E-state index in [1.54, 1.807) is 18.2 Å². The van der Waals surface area contributed by atoms with Gasteiger partial charge in [0.15, 0.2) is 0 Å². The van der Waals surface area contributed by atoms with Crippen LogP contribution in [-0.4, -0.2) is 8.42 Å². The van der Waals surface area contributed by atoms with E-state index in [9.17, 15) is 13.7 Å². The van der Waals surface area contributed by atoms with E-state index in [0.29, 0.717) is 18.4 Å². The van der Waals surface area contributed by atoms with Gasteiger partial charge in [0.1, 0.15) is 5.41 Å². The van der Waals surface area contributed by atoms with Gasteiger partial charge in [0, 0.05) is 0 Å². The Morgan fingerprint density at radius 2 is 1.30 bits per heavy atom. The average Bonchev–Trinajstić information content (AvgIpc) is 2.70. The summed E-state index contributed by atoms with van der Waals surface area (Å²) in [4.78, 5) is 0.109. The predicted molar refractivity (Wildman–Crippen MR) is 105 cm³/mol. The van der Waals surface area contributed by atoms with Crippen LogP contribution < -0.4 is 5.14 Å². The van der Waals surface area contributed by atoms with E-state index < -0.39 is 15.4 Å². The monoisotopic (exact) mass is 376 g/mol. The van der Waals surface area contributed by atoms with Crippen LogP contribution in [0.25, 0.3) is 0 Å². The van der Waals surface area contributed by atoms with Gasteiger partial charge in [-0.3, -0.25) is 0 Å². The summed E-state index contributed by atoms with van der Waals surface area (Å²) < 4.78 is 23.8. The van der Waals surface area contributed by atoms with Crippen molar-refractivity contribution in [2.45, 2.75) is 23.2 Å². The number of aryl methyl sites for hydroxylation is 1. The third-order valence-electron chi connectivity index (χ3n) is 4.77. The molecule has 0 spiro atoms. The summed E-state index contributed by atoms with van der Waals surface area (Å²) in [5.41, 5.74) is 1.50. The van der Waals surface area contributed by atoms with Gasteiger partial charge in [-0.15, -0.1) is 0 Å². The molecule has 0 heterocycles. The minimum Gasteiger partial charge on any atom is -0.225 e. The van der Waals surface area contributed by atoms with Crippen molar-refractivity contribution in [2.24, 2.45) is 5.14 Å². The Kier molecular flexibility index (Phi) is 5.41. The van der Waals surface area contributed by atoms with Gasteiger partial charge < -0.3 is 0 Å². The Bertz CT molecular complexity index is 1020. The van der Waals surface area contributed by atoms with E-state index in [0.717, 1.165) is 11.1 Å². The summed E-state index contributed by atoms with van der Waals surface area (Å²) in [6, 6.07) is 28.3. The van der Waals surface area contributed by atoms with Crippen molar-refractivity contribution >= 4 is 10.0 Å². The van der Waals surface area contributed by atoms with Crippen LogP contribution >= 0.6 is 0 Å². The van der Waals surface area contributed by atoms with Crippen molar-refractivity contribution in [3.05, 3.63) is 102 Å². The van der Waals surface area contributed by atoms with Gasteiger partial charge >= 0.3 is 0 Å². The summed E-state index contributed by atoms with van der Waals surface area (Å²) in [6.45, 7) is 0. The standard InChI is InChI=1S/C22H20N2O2S/c23-17-22(19-10-3-1-4-11-19,20-12-5-2-6-13-20)16-15-18-9-7-8-14-21(18)27(24,25)26/h1-14H,15-16H2,(H2,24,25,26). The van der Waals surface area contributed by atoms with Crippen LogP contribution in [0.15, 0.2) is 89.8 Å². The Hall–Kier alpha value is -2.94. The molecule has 0 aliphatic carbocycles. The Balaban J connectivity index is 2.06. The second-order valence-electron chi connectivity index (χ2n) is 6.40. The highest BCUT2D eigenvalue weighted by Gasteiger charge is 2.34. The molecule has 4 nitrogen and oxygen atoms in total. The largest absolute Gasteiger partial charge is 0.238 e. The van der Waals surface area contributed by atoms with Gasteiger partial charge in [-0.1, -0.05) is 78.9 Å². The summed E-state index contributed by atoms with van der Waals surface area (Å²) in [6.07, 6.45) is 0.841. The lowest BCUT2D eigenvalue weighted by Crippen LogP contribution is -2.27. The number of nitriles is 1. The molecule has 0 radical (unpaired) electrons. The minimum absolute atomic E-state index is 0.109. The molecule has 136 valence electrons. The predicted octanol–water partition coefficient (Wildman–Crippen LogP) is 3.78. The summed E-state index contributed by atoms with van der Waals surface area (Å²) in [5, 5.41) is 15.6. The van der Waals surface area contributed by atoms with Gasteiger partial charge in [-0.05, 0) is 35.6 Å². The smallest absolute Gasteiger partial charge is 0.225 e. The lowest BCUT2D eigenvalue weighted by Gasteiger charge is -2.28. The fourth-order valence-electron chi connectivity index (χ4n) is 3.40. The molecule has 3 aromatic carbocycles. The van der Waals surface area contributed by atoms with E-state index >= 15 is 0 Å². The van der Waals surface area contributed by atoms with Crippen molar-refractivity contribution in [1.82, 2.24) is 0 Å². The molecular weight excluding hydrogens is 356 g/mol. The highest BCUT2D eigenvalue weighted by atomic mass is 32.2. The van der Waals surface area contributed by atoms with Crippen molar-refractivity contribution < 1.29 is 8.42 Å². The highest BCUT2D eigenvalue weighted by molar-refractivity contribution is 7.89. The normalized spacial score (nSPS) is 11.7. The first kappa shape index (κ1) is 18.8. The van der Waals surface area contributed by atoms with Crippen LogP contribution in [0.2, 0.25) is 0 Å². The van der Waals surface area contributed by atoms with Crippen molar-refractivity contribution in [2.75, 3.05) is 0 Å². The molecule has 0 fully saturated rings. The molecule has 0 aliphatic heterocycles. The van der Waals surface area contributed by atoms with Gasteiger partial charge in [0.2, 0.25) is 10.0 Å². The first-order valence-electron chi connectivity index (χ1n) is 8.60. The fraction of sp³-hybridized carbons (Fsp3) is 0.136. The number of primary sulfonamides is 1. The highest BCUT2D eigenvalue weighted by Crippen LogP contribution is 2.36. The zero-order valence-corrected chi connectivity index (χ0v) is 15.6. The number of rotatable bonds is 6. The molecule has 2 N–H and O–H groups in total. The first-order chi connectivity index (χ1) is 13.0. The zero-order chi connectivity index (χ0) is 19.3. The fourth-order valence-corrected chi connectivity index (χ4v) is 4.20. The third-order valence-corrected chi connectivity index (χ3v) is 5.78. The van der Waals surface area contributed by atoms with E-state index in [1.165, 1.54) is 6.07 Å². The molecule has 5 heteroatoms. The van der Waals surface area contributed by atoms with Gasteiger partial charge in [-0.2, -0.15) is 5.26 Å². The Morgan fingerprint density at radius 3 is 1.78 bits per heavy atom. The summed E-state index contributed by atoms with van der Waals surface area (Å²) in [5.74, 6) is 0. The maximum absolute atomic E-state index is 11.9. The van der Waals surface area contributed by atoms with E-state index in [-0.39, 0.29) is 4.90 Å². The van der Waals surface area contributed by atoms with E-state index in [2.05, 4.69) is 6.07 Å². The number of benzene rings is 3. The molecule has 27 heavy (non-hydrogen) atoms. The molecule has 0 atom stereocenters. The zero-order valence-electron chi connectivity index (χ0n) is 14.7. The summed E-state index contributed by atoms with van der Waals surface area (Å²) >= 11 is 0. The number of nitrogens with zero attached hydrogens (tertiary/aromatic N) is 1. The first-order valence-corrected chi connectivity index (χ1v) is 10.1. The minimum atomic E-state index is -3.82. The second kappa shape index (κ2) is 7.75. The van der Waals surface area contributed by atoms with Crippen LogP contribution in [-0.2, 0) is 21.9 Å². The molecular formula is C22H20N2O2S. The third kappa shape index (κ3) is 3.92. The number of hydrogen-bond donors (Lipinski definition) is 1. The Labute approximate surface area is 159 Å². The molecule has 0 unspecified atom stereocenters. The molecule has 0 bridgehead atoms. The lowest BCUT2D eigenvalue weighted by molar-refractivity contribution is 0.581. The topological polar surface area (TPSA) is 83.9 Å². The number of nitrogens with two attached hydrogens (primary N) is 1. The maximum atomic E-state index is 11.9. The molecule has 0 saturated heterocycles. The molecule has 3 aromatic rings. The maximum Gasteiger partial charge on any atom is 0.238 e. The van der Waals surface area contributed by atoms with Gasteiger partial charge in [0.05, 0.1) is 11.0 Å². The molecule has 0 amide bonds. The number of hydrogen-bond acceptors (Lipinski definition) is 3. The SMILES string of the molecule is N#CC(CCc1ccccc1S(N)(=O)=O)(c1ccccc1)c1ccccc1. The molecule has 0 aromatic heterocycles.